The van der Waals surface area contributed by atoms with E-state index in [1.807, 2.05) is 29.1 Å². The van der Waals surface area contributed by atoms with Crippen LogP contribution in [0, 0.1) is 0 Å². The van der Waals surface area contributed by atoms with E-state index in [2.05, 4.69) is 37.8 Å². The summed E-state index contributed by atoms with van der Waals surface area (Å²) in [6.07, 6.45) is 3.74. The second-order valence-electron chi connectivity index (χ2n) is 6.82. The Morgan fingerprint density at radius 1 is 1.14 bits per heavy atom. The van der Waals surface area contributed by atoms with E-state index in [4.69, 9.17) is 0 Å². The highest BCUT2D eigenvalue weighted by molar-refractivity contribution is 7.91. The molecular weight excluding hydrogens is 376 g/mol. The Kier molecular flexibility index (Phi) is 7.05. The third-order valence-electron chi connectivity index (χ3n) is 4.84. The summed E-state index contributed by atoms with van der Waals surface area (Å²) in [5.41, 5.74) is 2.41. The predicted molar refractivity (Wildman–Crippen MR) is 111 cm³/mol. The van der Waals surface area contributed by atoms with Crippen molar-refractivity contribution in [2.24, 2.45) is 4.99 Å². The van der Waals surface area contributed by atoms with E-state index >= 15 is 0 Å². The van der Waals surface area contributed by atoms with Gasteiger partial charge in [-0.25, -0.2) is 8.42 Å². The Morgan fingerprint density at radius 2 is 1.89 bits per heavy atom. The van der Waals surface area contributed by atoms with Gasteiger partial charge in [0.05, 0.1) is 18.1 Å². The van der Waals surface area contributed by atoms with Gasteiger partial charge in [-0.1, -0.05) is 24.3 Å². The third-order valence-corrected chi connectivity index (χ3v) is 6.45. The van der Waals surface area contributed by atoms with Gasteiger partial charge >= 0.3 is 0 Å². The first-order valence-corrected chi connectivity index (χ1v) is 11.3. The molecule has 28 heavy (non-hydrogen) atoms. The fourth-order valence-corrected chi connectivity index (χ4v) is 4.44. The molecule has 1 aliphatic rings. The fraction of sp³-hybridized carbons (Fsp3) is 0.474. The zero-order valence-electron chi connectivity index (χ0n) is 16.2. The summed E-state index contributed by atoms with van der Waals surface area (Å²) in [4.78, 5) is 6.44. The molecule has 0 bridgehead atoms. The molecule has 1 aromatic heterocycles. The molecule has 2 heterocycles. The second kappa shape index (κ2) is 9.70. The van der Waals surface area contributed by atoms with Crippen LogP contribution in [0.5, 0.6) is 0 Å². The van der Waals surface area contributed by atoms with Crippen LogP contribution >= 0.6 is 0 Å². The lowest BCUT2D eigenvalue weighted by atomic mass is 10.1. The second-order valence-corrected chi connectivity index (χ2v) is 9.12. The van der Waals surface area contributed by atoms with E-state index in [0.29, 0.717) is 26.2 Å². The zero-order chi connectivity index (χ0) is 19.8. The maximum absolute atomic E-state index is 11.5. The Hall–Kier alpha value is -2.39. The zero-order valence-corrected chi connectivity index (χ0v) is 17.0. The van der Waals surface area contributed by atoms with Crippen LogP contribution in [0.3, 0.4) is 0 Å². The number of nitrogens with zero attached hydrogens (tertiary/aromatic N) is 4. The Bertz CT molecular complexity index is 866. The molecule has 0 amide bonds. The average molecular weight is 405 g/mol. The lowest BCUT2D eigenvalue weighted by Gasteiger charge is -2.26. The van der Waals surface area contributed by atoms with E-state index < -0.39 is 9.84 Å². The molecule has 0 unspecified atom stereocenters. The molecular formula is C19H28N6O2S. The maximum atomic E-state index is 11.5. The molecule has 0 spiro atoms. The summed E-state index contributed by atoms with van der Waals surface area (Å²) in [6.45, 7) is 4.13. The number of hydrogen-bond acceptors (Lipinski definition) is 5. The molecule has 0 aliphatic carbocycles. The van der Waals surface area contributed by atoms with Gasteiger partial charge in [-0.05, 0) is 17.2 Å². The predicted octanol–water partition coefficient (Wildman–Crippen LogP) is 0.327. The van der Waals surface area contributed by atoms with Crippen molar-refractivity contribution in [1.82, 2.24) is 25.3 Å². The number of rotatable bonds is 7. The molecule has 8 nitrogen and oxygen atoms in total. The van der Waals surface area contributed by atoms with Crippen LogP contribution in [0.2, 0.25) is 0 Å². The SMILES string of the molecule is CN=C(NCCN1CCS(=O)(=O)CC1)NCc1ccccc1Cn1cccn1. The average Bonchev–Trinajstić information content (AvgIpc) is 3.20. The van der Waals surface area contributed by atoms with Gasteiger partial charge < -0.3 is 10.6 Å². The van der Waals surface area contributed by atoms with Crippen LogP contribution in [0.1, 0.15) is 11.1 Å². The van der Waals surface area contributed by atoms with Gasteiger partial charge in [0.1, 0.15) is 0 Å². The number of aliphatic imine (C=N–C) groups is 1. The molecule has 3 rings (SSSR count). The van der Waals surface area contributed by atoms with Crippen molar-refractivity contribution in [2.45, 2.75) is 13.1 Å². The molecule has 1 aromatic carbocycles. The van der Waals surface area contributed by atoms with Crippen LogP contribution in [0.25, 0.3) is 0 Å². The van der Waals surface area contributed by atoms with Crippen molar-refractivity contribution in [3.63, 3.8) is 0 Å². The lowest BCUT2D eigenvalue weighted by Crippen LogP contribution is -2.45. The number of nitrogens with one attached hydrogen (secondary N) is 2. The van der Waals surface area contributed by atoms with E-state index in [9.17, 15) is 8.42 Å². The van der Waals surface area contributed by atoms with Crippen LogP contribution in [-0.4, -0.2) is 73.8 Å². The van der Waals surface area contributed by atoms with E-state index in [-0.39, 0.29) is 11.5 Å². The normalized spacial score (nSPS) is 17.4. The molecule has 0 atom stereocenters. The van der Waals surface area contributed by atoms with Crippen molar-refractivity contribution >= 4 is 15.8 Å². The monoisotopic (exact) mass is 404 g/mol. The van der Waals surface area contributed by atoms with Gasteiger partial charge in [0.25, 0.3) is 0 Å². The largest absolute Gasteiger partial charge is 0.355 e. The number of aromatic nitrogens is 2. The van der Waals surface area contributed by atoms with E-state index in [0.717, 1.165) is 19.0 Å². The molecule has 2 aromatic rings. The highest BCUT2D eigenvalue weighted by atomic mass is 32.2. The van der Waals surface area contributed by atoms with Crippen molar-refractivity contribution in [2.75, 3.05) is 44.7 Å². The molecule has 1 saturated heterocycles. The van der Waals surface area contributed by atoms with Gasteiger partial charge in [0, 0.05) is 52.2 Å². The molecule has 1 fully saturated rings. The summed E-state index contributed by atoms with van der Waals surface area (Å²) in [5.74, 6) is 1.25. The van der Waals surface area contributed by atoms with E-state index in [1.54, 1.807) is 13.2 Å². The molecule has 0 saturated carbocycles. The van der Waals surface area contributed by atoms with Crippen molar-refractivity contribution < 1.29 is 8.42 Å². The Balaban J connectivity index is 1.46. The summed E-state index contributed by atoms with van der Waals surface area (Å²) >= 11 is 0. The van der Waals surface area contributed by atoms with E-state index in [1.165, 1.54) is 11.1 Å². The summed E-state index contributed by atoms with van der Waals surface area (Å²) < 4.78 is 24.9. The van der Waals surface area contributed by atoms with Gasteiger partial charge in [0.2, 0.25) is 0 Å². The third kappa shape index (κ3) is 6.07. The first-order chi connectivity index (χ1) is 13.6. The number of benzene rings is 1. The molecule has 9 heteroatoms. The van der Waals surface area contributed by atoms with Crippen molar-refractivity contribution in [3.8, 4) is 0 Å². The van der Waals surface area contributed by atoms with Crippen LogP contribution in [0.15, 0.2) is 47.7 Å². The Labute approximate surface area is 166 Å². The molecule has 152 valence electrons. The van der Waals surface area contributed by atoms with Crippen molar-refractivity contribution in [1.29, 1.82) is 0 Å². The van der Waals surface area contributed by atoms with Gasteiger partial charge in [-0.15, -0.1) is 0 Å². The minimum absolute atomic E-state index is 0.257. The van der Waals surface area contributed by atoms with Gasteiger partial charge in [-0.2, -0.15) is 5.10 Å². The number of sulfone groups is 1. The summed E-state index contributed by atoms with van der Waals surface area (Å²) in [6, 6.07) is 10.2. The number of hydrogen-bond donors (Lipinski definition) is 2. The quantitative estimate of drug-likeness (QED) is 0.510. The van der Waals surface area contributed by atoms with Gasteiger partial charge in [-0.3, -0.25) is 14.6 Å². The first kappa shape index (κ1) is 20.3. The minimum atomic E-state index is -2.83. The topological polar surface area (TPSA) is 91.6 Å². The smallest absolute Gasteiger partial charge is 0.191 e. The fourth-order valence-electron chi connectivity index (χ4n) is 3.16. The maximum Gasteiger partial charge on any atom is 0.191 e. The standard InChI is InChI=1S/C19H28N6O2S/c1-20-19(21-8-10-24-11-13-28(26,27)14-12-24)22-15-17-5-2-3-6-18(17)16-25-9-4-7-23-25/h2-7,9H,8,10-16H2,1H3,(H2,20,21,22). The number of guanidine groups is 1. The summed E-state index contributed by atoms with van der Waals surface area (Å²) in [7, 11) is -1.08. The highest BCUT2D eigenvalue weighted by Crippen LogP contribution is 2.10. The minimum Gasteiger partial charge on any atom is -0.355 e. The first-order valence-electron chi connectivity index (χ1n) is 9.47. The van der Waals surface area contributed by atoms with Gasteiger partial charge in [0.15, 0.2) is 15.8 Å². The van der Waals surface area contributed by atoms with Crippen molar-refractivity contribution in [3.05, 3.63) is 53.9 Å². The molecule has 0 radical (unpaired) electrons. The highest BCUT2D eigenvalue weighted by Gasteiger charge is 2.20. The Morgan fingerprint density at radius 3 is 2.57 bits per heavy atom. The van der Waals surface area contributed by atoms with Crippen LogP contribution in [-0.2, 0) is 22.9 Å². The summed E-state index contributed by atoms with van der Waals surface area (Å²) in [5, 5.41) is 10.9. The van der Waals surface area contributed by atoms with Crippen LogP contribution in [0.4, 0.5) is 0 Å². The van der Waals surface area contributed by atoms with Crippen LogP contribution < -0.4 is 10.6 Å². The molecule has 2 N–H and O–H groups in total. The molecule has 1 aliphatic heterocycles. The lowest BCUT2D eigenvalue weighted by molar-refractivity contribution is 0.299.